The summed E-state index contributed by atoms with van der Waals surface area (Å²) in [6.07, 6.45) is 1.41. The Morgan fingerprint density at radius 3 is 2.14 bits per heavy atom. The highest BCUT2D eigenvalue weighted by Crippen LogP contribution is 2.41. The van der Waals surface area contributed by atoms with Crippen molar-refractivity contribution in [3.63, 3.8) is 0 Å². The molecule has 2 N–H and O–H groups in total. The summed E-state index contributed by atoms with van der Waals surface area (Å²) in [6.45, 7) is 12.4. The lowest BCUT2D eigenvalue weighted by Crippen LogP contribution is -2.17. The fraction of sp³-hybridized carbons (Fsp3) is 0.500. The van der Waals surface area contributed by atoms with Crippen LogP contribution in [0.1, 0.15) is 58.4 Å². The second kappa shape index (κ2) is 5.43. The Morgan fingerprint density at radius 1 is 1.05 bits per heavy atom. The van der Waals surface area contributed by atoms with Crippen molar-refractivity contribution >= 4 is 0 Å². The van der Waals surface area contributed by atoms with E-state index in [9.17, 15) is 5.11 Å². The van der Waals surface area contributed by atoms with Crippen LogP contribution in [0.15, 0.2) is 22.8 Å². The molecule has 0 fully saturated rings. The summed E-state index contributed by atoms with van der Waals surface area (Å²) < 4.78 is 5.43. The van der Waals surface area contributed by atoms with Gasteiger partial charge in [0, 0.05) is 5.56 Å². The van der Waals surface area contributed by atoms with Gasteiger partial charge in [-0.05, 0) is 22.5 Å². The van der Waals surface area contributed by atoms with Crippen LogP contribution in [0.4, 0.5) is 0 Å². The third-order valence-electron chi connectivity index (χ3n) is 3.73. The van der Waals surface area contributed by atoms with E-state index in [1.807, 2.05) is 6.07 Å². The van der Waals surface area contributed by atoms with Gasteiger partial charge in [-0.3, -0.25) is 0 Å². The Kier molecular flexibility index (Phi) is 4.09. The van der Waals surface area contributed by atoms with E-state index in [4.69, 9.17) is 9.52 Å². The number of aliphatic hydroxyl groups is 1. The van der Waals surface area contributed by atoms with Crippen molar-refractivity contribution in [1.82, 2.24) is 4.98 Å². The van der Waals surface area contributed by atoms with Crippen LogP contribution in [0.25, 0.3) is 11.5 Å². The molecular weight excluding hydrogens is 278 g/mol. The van der Waals surface area contributed by atoms with Crippen LogP contribution in [-0.4, -0.2) is 15.2 Å². The summed E-state index contributed by atoms with van der Waals surface area (Å²) in [5.41, 5.74) is 2.72. The van der Waals surface area contributed by atoms with Gasteiger partial charge >= 0.3 is 0 Å². The van der Waals surface area contributed by atoms with Gasteiger partial charge in [0.05, 0.1) is 12.2 Å². The zero-order chi connectivity index (χ0) is 16.7. The molecule has 1 heterocycles. The third kappa shape index (κ3) is 3.17. The third-order valence-corrected chi connectivity index (χ3v) is 3.73. The second-order valence-electron chi connectivity index (χ2n) is 7.72. The molecule has 0 aliphatic rings. The van der Waals surface area contributed by atoms with E-state index in [1.165, 1.54) is 6.26 Å². The molecule has 1 aromatic carbocycles. The van der Waals surface area contributed by atoms with Crippen molar-refractivity contribution < 1.29 is 14.6 Å². The van der Waals surface area contributed by atoms with E-state index in [2.05, 4.69) is 52.6 Å². The van der Waals surface area contributed by atoms with Gasteiger partial charge in [-0.15, -0.1) is 0 Å². The molecule has 0 bridgehead atoms. The molecule has 0 aliphatic heterocycles. The van der Waals surface area contributed by atoms with Crippen LogP contribution in [0.2, 0.25) is 0 Å². The predicted molar refractivity (Wildman–Crippen MR) is 86.9 cm³/mol. The largest absolute Gasteiger partial charge is 0.507 e. The predicted octanol–water partition coefficient (Wildman–Crippen LogP) is 4.13. The van der Waals surface area contributed by atoms with Gasteiger partial charge in [0.15, 0.2) is 0 Å². The van der Waals surface area contributed by atoms with Crippen molar-refractivity contribution in [1.29, 1.82) is 0 Å². The molecule has 1 aromatic heterocycles. The van der Waals surface area contributed by atoms with Crippen LogP contribution in [0.3, 0.4) is 0 Å². The van der Waals surface area contributed by atoms with Gasteiger partial charge < -0.3 is 14.6 Å². The Balaban J connectivity index is 2.72. The first-order valence-corrected chi connectivity index (χ1v) is 7.47. The average molecular weight is 303 g/mol. The molecule has 0 atom stereocenters. The van der Waals surface area contributed by atoms with Gasteiger partial charge in [0.25, 0.3) is 0 Å². The lowest BCUT2D eigenvalue weighted by atomic mass is 9.79. The smallest absolute Gasteiger partial charge is 0.230 e. The maximum absolute atomic E-state index is 10.7. The molecule has 2 rings (SSSR count). The summed E-state index contributed by atoms with van der Waals surface area (Å²) in [7, 11) is 0. The first-order valence-electron chi connectivity index (χ1n) is 7.47. The number of hydrogen-bond acceptors (Lipinski definition) is 4. The van der Waals surface area contributed by atoms with Crippen molar-refractivity contribution in [2.75, 3.05) is 0 Å². The quantitative estimate of drug-likeness (QED) is 0.875. The Morgan fingerprint density at radius 2 is 1.68 bits per heavy atom. The monoisotopic (exact) mass is 303 g/mol. The van der Waals surface area contributed by atoms with Crippen LogP contribution >= 0.6 is 0 Å². The molecule has 4 heteroatoms. The zero-order valence-corrected chi connectivity index (χ0v) is 14.2. The van der Waals surface area contributed by atoms with Crippen molar-refractivity contribution in [3.05, 3.63) is 35.2 Å². The number of oxazole rings is 1. The summed E-state index contributed by atoms with van der Waals surface area (Å²) in [5.74, 6) is 0.519. The minimum absolute atomic E-state index is 0.0607. The average Bonchev–Trinajstić information content (AvgIpc) is 2.84. The lowest BCUT2D eigenvalue weighted by Gasteiger charge is -2.27. The molecule has 0 saturated heterocycles. The maximum Gasteiger partial charge on any atom is 0.230 e. The Bertz CT molecular complexity index is 673. The maximum atomic E-state index is 10.7. The first kappa shape index (κ1) is 16.6. The number of nitrogens with zero attached hydrogens (tertiary/aromatic N) is 1. The number of hydrogen-bond donors (Lipinski definition) is 2. The van der Waals surface area contributed by atoms with Crippen LogP contribution in [0.5, 0.6) is 5.75 Å². The van der Waals surface area contributed by atoms with E-state index in [-0.39, 0.29) is 23.2 Å². The van der Waals surface area contributed by atoms with Crippen molar-refractivity contribution in [3.8, 4) is 17.2 Å². The van der Waals surface area contributed by atoms with Gasteiger partial charge in [0.1, 0.15) is 17.7 Å². The number of phenolic OH excluding ortho intramolecular Hbond substituents is 1. The first-order chi connectivity index (χ1) is 10.0. The second-order valence-corrected chi connectivity index (χ2v) is 7.72. The van der Waals surface area contributed by atoms with E-state index < -0.39 is 0 Å². The highest BCUT2D eigenvalue weighted by atomic mass is 16.3. The minimum Gasteiger partial charge on any atom is -0.507 e. The molecule has 0 radical (unpaired) electrons. The number of benzene rings is 1. The van der Waals surface area contributed by atoms with Crippen LogP contribution in [0, 0.1) is 0 Å². The van der Waals surface area contributed by atoms with Crippen molar-refractivity contribution in [2.45, 2.75) is 59.0 Å². The topological polar surface area (TPSA) is 66.5 Å². The highest BCUT2D eigenvalue weighted by Gasteiger charge is 2.26. The van der Waals surface area contributed by atoms with Crippen molar-refractivity contribution in [2.24, 2.45) is 0 Å². The van der Waals surface area contributed by atoms with E-state index in [0.29, 0.717) is 17.1 Å². The normalized spacial score (nSPS) is 12.7. The zero-order valence-electron chi connectivity index (χ0n) is 14.2. The highest BCUT2D eigenvalue weighted by molar-refractivity contribution is 5.68. The Labute approximate surface area is 131 Å². The summed E-state index contributed by atoms with van der Waals surface area (Å²) in [5, 5.41) is 19.8. The molecule has 120 valence electrons. The number of aromatic hydroxyl groups is 1. The van der Waals surface area contributed by atoms with Gasteiger partial charge in [-0.1, -0.05) is 47.6 Å². The van der Waals surface area contributed by atoms with Gasteiger partial charge in [0.2, 0.25) is 5.89 Å². The molecule has 22 heavy (non-hydrogen) atoms. The number of phenols is 1. The fourth-order valence-corrected chi connectivity index (χ4v) is 2.31. The van der Waals surface area contributed by atoms with Crippen LogP contribution < -0.4 is 0 Å². The van der Waals surface area contributed by atoms with E-state index in [0.717, 1.165) is 11.1 Å². The van der Waals surface area contributed by atoms with E-state index >= 15 is 0 Å². The molecular formula is C18H25NO3. The molecule has 0 unspecified atom stereocenters. The van der Waals surface area contributed by atoms with Crippen LogP contribution in [-0.2, 0) is 17.4 Å². The van der Waals surface area contributed by atoms with Gasteiger partial charge in [-0.25, -0.2) is 4.98 Å². The SMILES string of the molecule is CC(C)(C)c1cc(-c2nc(CO)co2)c(O)c(C(C)(C)C)c1. The number of rotatable bonds is 2. The summed E-state index contributed by atoms with van der Waals surface area (Å²) in [6, 6.07) is 3.96. The molecule has 2 aromatic rings. The number of aromatic nitrogens is 1. The standard InChI is InChI=1S/C18H25NO3/c1-17(2,3)11-7-13(16-19-12(9-20)10-22-16)15(21)14(8-11)18(4,5)6/h7-8,10,20-21H,9H2,1-6H3. The molecule has 0 spiro atoms. The molecule has 0 aliphatic carbocycles. The fourth-order valence-electron chi connectivity index (χ4n) is 2.31. The molecule has 4 nitrogen and oxygen atoms in total. The lowest BCUT2D eigenvalue weighted by molar-refractivity contribution is 0.276. The molecule has 0 saturated carbocycles. The summed E-state index contributed by atoms with van der Waals surface area (Å²) >= 11 is 0. The van der Waals surface area contributed by atoms with Gasteiger partial charge in [-0.2, -0.15) is 0 Å². The Hall–Kier alpha value is -1.81. The van der Waals surface area contributed by atoms with E-state index in [1.54, 1.807) is 0 Å². The minimum atomic E-state index is -0.202. The summed E-state index contributed by atoms with van der Waals surface area (Å²) in [4.78, 5) is 4.23. The molecule has 0 amide bonds. The number of aliphatic hydroxyl groups excluding tert-OH is 1.